The first kappa shape index (κ1) is 19.1. The number of aryl methyl sites for hydroxylation is 1. The minimum Gasteiger partial charge on any atom is -0.633 e. The Bertz CT molecular complexity index is 1010. The highest BCUT2D eigenvalue weighted by Gasteiger charge is 2.24. The third-order valence-electron chi connectivity index (χ3n) is 4.59. The molecule has 0 saturated heterocycles. The van der Waals surface area contributed by atoms with Crippen molar-refractivity contribution in [3.05, 3.63) is 62.5 Å². The van der Waals surface area contributed by atoms with Crippen molar-refractivity contribution in [2.45, 2.75) is 13.3 Å². The molecule has 3 aromatic rings. The van der Waals surface area contributed by atoms with Crippen molar-refractivity contribution in [1.82, 2.24) is 4.98 Å². The summed E-state index contributed by atoms with van der Waals surface area (Å²) in [6, 6.07) is 10.2. The summed E-state index contributed by atoms with van der Waals surface area (Å²) in [6.07, 6.45) is 0.410. The van der Waals surface area contributed by atoms with Gasteiger partial charge in [-0.2, -0.15) is 0 Å². The van der Waals surface area contributed by atoms with Gasteiger partial charge in [0.1, 0.15) is 5.39 Å². The molecular formula is C19H22N4O4. The topological polar surface area (TPSA) is 107 Å². The number of fused-ring (bicyclic) bond motifs is 2. The average molecular weight is 370 g/mol. The van der Waals surface area contributed by atoms with Crippen LogP contribution in [0.2, 0.25) is 0 Å². The number of non-ortho nitro benzene ring substituents is 1. The number of benzene rings is 2. The molecule has 0 aliphatic rings. The number of aromatic nitrogens is 1. The van der Waals surface area contributed by atoms with Crippen LogP contribution in [-0.4, -0.2) is 41.7 Å². The summed E-state index contributed by atoms with van der Waals surface area (Å²) in [5.74, 6) is 0. The van der Waals surface area contributed by atoms with Crippen LogP contribution in [0.25, 0.3) is 21.8 Å². The zero-order valence-corrected chi connectivity index (χ0v) is 15.6. The van der Waals surface area contributed by atoms with E-state index in [4.69, 9.17) is 0 Å². The lowest BCUT2D eigenvalue weighted by Crippen LogP contribution is -3.02. The Morgan fingerprint density at radius 3 is 2.56 bits per heavy atom. The number of hydroxylamine groups is 4. The molecule has 0 saturated carbocycles. The molecule has 3 rings (SSSR count). The maximum Gasteiger partial charge on any atom is 0.284 e. The van der Waals surface area contributed by atoms with Crippen LogP contribution >= 0.6 is 0 Å². The van der Waals surface area contributed by atoms with E-state index in [2.05, 4.69) is 4.98 Å². The van der Waals surface area contributed by atoms with Crippen molar-refractivity contribution >= 4 is 33.2 Å². The fraction of sp³-hybridized carbons (Fsp3) is 0.316. The van der Waals surface area contributed by atoms with E-state index in [-0.39, 0.29) is 22.7 Å². The van der Waals surface area contributed by atoms with Gasteiger partial charge in [-0.3, -0.25) is 10.1 Å². The predicted octanol–water partition coefficient (Wildman–Crippen LogP) is 2.58. The van der Waals surface area contributed by atoms with E-state index in [1.165, 1.54) is 20.2 Å². The van der Waals surface area contributed by atoms with Crippen LogP contribution in [0, 0.1) is 27.5 Å². The van der Waals surface area contributed by atoms with Crippen LogP contribution in [0.4, 0.5) is 11.4 Å². The molecular weight excluding hydrogens is 348 g/mol. The SMILES string of the molecule is Cc1ccc([N+](=O)[O-])c2c([NH+]([O-])CCC[N+](C)(C)[O-])c3ccccc3nc12. The van der Waals surface area contributed by atoms with Crippen LogP contribution in [0.3, 0.4) is 0 Å². The number of rotatable bonds is 6. The van der Waals surface area contributed by atoms with Crippen molar-refractivity contribution in [3.8, 4) is 0 Å². The molecule has 0 amide bonds. The van der Waals surface area contributed by atoms with Gasteiger partial charge in [-0.05, 0) is 24.6 Å². The highest BCUT2D eigenvalue weighted by atomic mass is 16.6. The summed E-state index contributed by atoms with van der Waals surface area (Å²) in [5, 5.41) is 37.1. The summed E-state index contributed by atoms with van der Waals surface area (Å²) in [4.78, 5) is 15.7. The molecule has 1 unspecified atom stereocenters. The van der Waals surface area contributed by atoms with E-state index < -0.39 is 9.57 Å². The minimum atomic E-state index is -0.482. The second-order valence-electron chi connectivity index (χ2n) is 7.21. The lowest BCUT2D eigenvalue weighted by atomic mass is 10.0. The van der Waals surface area contributed by atoms with Crippen molar-refractivity contribution in [2.75, 3.05) is 27.2 Å². The van der Waals surface area contributed by atoms with Gasteiger partial charge in [-0.25, -0.2) is 4.98 Å². The molecule has 1 aromatic heterocycles. The third-order valence-corrected chi connectivity index (χ3v) is 4.59. The summed E-state index contributed by atoms with van der Waals surface area (Å²) in [6.45, 7) is 2.27. The number of quaternary nitrogens is 2. The van der Waals surface area contributed by atoms with Crippen molar-refractivity contribution in [2.24, 2.45) is 0 Å². The molecule has 2 aromatic carbocycles. The molecule has 0 spiro atoms. The first-order valence-electron chi connectivity index (χ1n) is 8.72. The standard InChI is InChI=1S/C19H22N4O4/c1-13-9-10-16(22(25)26)17-18(13)20-15-8-5-4-7-14(15)19(17)21(24)11-6-12-23(2,3)27/h4-5,7-10,21H,6,11-12H2,1-3H3. The fourth-order valence-corrected chi connectivity index (χ4v) is 3.30. The van der Waals surface area contributed by atoms with Gasteiger partial charge < -0.3 is 20.1 Å². The second-order valence-corrected chi connectivity index (χ2v) is 7.21. The molecule has 8 heteroatoms. The summed E-state index contributed by atoms with van der Waals surface area (Å²) < 4.78 is -0.482. The Kier molecular flexibility index (Phi) is 5.07. The smallest absolute Gasteiger partial charge is 0.284 e. The van der Waals surface area contributed by atoms with Crippen molar-refractivity contribution in [1.29, 1.82) is 0 Å². The number of pyridine rings is 1. The zero-order chi connectivity index (χ0) is 19.8. The lowest BCUT2D eigenvalue weighted by Gasteiger charge is -2.34. The number of nitro benzene ring substituents is 1. The highest BCUT2D eigenvalue weighted by molar-refractivity contribution is 6.08. The maximum atomic E-state index is 13.1. The number of nitro groups is 1. The Balaban J connectivity index is 2.23. The van der Waals surface area contributed by atoms with Gasteiger partial charge in [0, 0.05) is 12.5 Å². The van der Waals surface area contributed by atoms with Gasteiger partial charge in [-0.15, -0.1) is 0 Å². The molecule has 0 aliphatic heterocycles. The molecule has 1 heterocycles. The molecule has 27 heavy (non-hydrogen) atoms. The molecule has 142 valence electrons. The van der Waals surface area contributed by atoms with Gasteiger partial charge >= 0.3 is 0 Å². The summed E-state index contributed by atoms with van der Waals surface area (Å²) in [7, 11) is 3.05. The number of hydrogen-bond acceptors (Lipinski definition) is 5. The first-order chi connectivity index (χ1) is 12.7. The van der Waals surface area contributed by atoms with Crippen molar-refractivity contribution in [3.63, 3.8) is 0 Å². The van der Waals surface area contributed by atoms with E-state index in [9.17, 15) is 20.5 Å². The molecule has 0 aliphatic carbocycles. The van der Waals surface area contributed by atoms with Gasteiger partial charge in [0.25, 0.3) is 5.69 Å². The Morgan fingerprint density at radius 2 is 1.89 bits per heavy atom. The number of hydrogen-bond donors (Lipinski definition) is 1. The largest absolute Gasteiger partial charge is 0.633 e. The van der Waals surface area contributed by atoms with Crippen molar-refractivity contribution < 1.29 is 14.6 Å². The molecule has 8 nitrogen and oxygen atoms in total. The van der Waals surface area contributed by atoms with E-state index in [0.717, 1.165) is 5.56 Å². The van der Waals surface area contributed by atoms with Crippen LogP contribution in [-0.2, 0) is 0 Å². The van der Waals surface area contributed by atoms with Crippen LogP contribution < -0.4 is 5.06 Å². The molecule has 1 N–H and O–H groups in total. The number of nitrogens with one attached hydrogen (secondary N) is 1. The van der Waals surface area contributed by atoms with Gasteiger partial charge in [0.15, 0.2) is 5.69 Å². The van der Waals surface area contributed by atoms with Crippen LogP contribution in [0.5, 0.6) is 0 Å². The fourth-order valence-electron chi connectivity index (χ4n) is 3.30. The highest BCUT2D eigenvalue weighted by Crippen LogP contribution is 2.35. The maximum absolute atomic E-state index is 13.1. The van der Waals surface area contributed by atoms with E-state index in [1.807, 2.05) is 13.0 Å². The lowest BCUT2D eigenvalue weighted by molar-refractivity contribution is -0.846. The molecule has 1 atom stereocenters. The number of para-hydroxylation sites is 1. The summed E-state index contributed by atoms with van der Waals surface area (Å²) >= 11 is 0. The quantitative estimate of drug-likeness (QED) is 0.311. The van der Waals surface area contributed by atoms with Gasteiger partial charge in [0.05, 0.1) is 48.5 Å². The number of nitrogens with zero attached hydrogens (tertiary/aromatic N) is 3. The molecule has 0 fully saturated rings. The van der Waals surface area contributed by atoms with E-state index in [0.29, 0.717) is 35.1 Å². The second kappa shape index (κ2) is 7.16. The average Bonchev–Trinajstić information content (AvgIpc) is 2.59. The van der Waals surface area contributed by atoms with E-state index >= 15 is 0 Å². The normalized spacial score (nSPS) is 13.2. The Morgan fingerprint density at radius 1 is 1.19 bits per heavy atom. The summed E-state index contributed by atoms with van der Waals surface area (Å²) in [5.41, 5.74) is 2.05. The first-order valence-corrected chi connectivity index (χ1v) is 8.72. The van der Waals surface area contributed by atoms with Crippen LogP contribution in [0.1, 0.15) is 12.0 Å². The predicted molar refractivity (Wildman–Crippen MR) is 104 cm³/mol. The molecule has 0 bridgehead atoms. The Hall–Kier alpha value is -2.65. The van der Waals surface area contributed by atoms with E-state index in [1.54, 1.807) is 24.3 Å². The van der Waals surface area contributed by atoms with Gasteiger partial charge in [0.2, 0.25) is 0 Å². The minimum absolute atomic E-state index is 0.128. The third kappa shape index (κ3) is 3.88. The molecule has 0 radical (unpaired) electrons. The zero-order valence-electron chi connectivity index (χ0n) is 15.6. The van der Waals surface area contributed by atoms with Gasteiger partial charge in [-0.1, -0.05) is 18.2 Å². The Labute approximate surface area is 156 Å². The monoisotopic (exact) mass is 370 g/mol. The van der Waals surface area contributed by atoms with Crippen LogP contribution in [0.15, 0.2) is 36.4 Å².